The van der Waals surface area contributed by atoms with Crippen LogP contribution in [0.5, 0.6) is 0 Å². The van der Waals surface area contributed by atoms with Gasteiger partial charge in [-0.3, -0.25) is 10.1 Å². The van der Waals surface area contributed by atoms with Gasteiger partial charge < -0.3 is 4.90 Å². The van der Waals surface area contributed by atoms with E-state index >= 15 is 0 Å². The molecule has 0 fully saturated rings. The first-order valence-electron chi connectivity index (χ1n) is 4.01. The SMILES string of the molecule is CC(=O)NC(=O)N(C)C.[B]PP(P)P(P)P. The van der Waals surface area contributed by atoms with Crippen LogP contribution in [0.4, 0.5) is 4.79 Å². The van der Waals surface area contributed by atoms with Crippen LogP contribution < -0.4 is 5.32 Å². The summed E-state index contributed by atoms with van der Waals surface area (Å²) in [4.78, 5) is 22.0. The van der Waals surface area contributed by atoms with Crippen molar-refractivity contribution < 1.29 is 9.59 Å². The van der Waals surface area contributed by atoms with Gasteiger partial charge in [0.25, 0.3) is 0 Å². The molecule has 0 aliphatic rings. The van der Waals surface area contributed by atoms with E-state index in [-0.39, 0.29) is 25.9 Å². The smallest absolute Gasteiger partial charge is 0.323 e. The quantitative estimate of drug-likeness (QED) is 0.624. The van der Waals surface area contributed by atoms with Crippen molar-refractivity contribution in [1.29, 1.82) is 0 Å². The van der Waals surface area contributed by atoms with Crippen LogP contribution in [0.15, 0.2) is 0 Å². The Hall–Kier alpha value is 1.58. The second kappa shape index (κ2) is 11.7. The van der Waals surface area contributed by atoms with Crippen molar-refractivity contribution in [2.75, 3.05) is 14.1 Å². The number of imide groups is 1. The number of rotatable bonds is 2. The van der Waals surface area contributed by atoms with Gasteiger partial charge in [0, 0.05) is 21.0 Å². The fraction of sp³-hybridized carbons (Fsp3) is 0.600. The lowest BCUT2D eigenvalue weighted by atomic mass is 10.7. The Morgan fingerprint density at radius 2 is 1.75 bits per heavy atom. The summed E-state index contributed by atoms with van der Waals surface area (Å²) in [5.41, 5.74) is 0. The van der Waals surface area contributed by atoms with Gasteiger partial charge >= 0.3 is 6.03 Å². The van der Waals surface area contributed by atoms with Crippen molar-refractivity contribution in [2.24, 2.45) is 0 Å². The maximum absolute atomic E-state index is 10.5. The number of urea groups is 1. The summed E-state index contributed by atoms with van der Waals surface area (Å²) < 4.78 is 0. The van der Waals surface area contributed by atoms with Crippen LogP contribution in [0.2, 0.25) is 0 Å². The lowest BCUT2D eigenvalue weighted by Crippen LogP contribution is -2.37. The molecular formula is C5H17BN2O2P6. The normalized spacial score (nSPS) is 11.9. The predicted octanol–water partition coefficient (Wildman–Crippen LogP) is 2.72. The number of hydrogen-bond donors (Lipinski definition) is 1. The molecule has 0 bridgehead atoms. The van der Waals surface area contributed by atoms with E-state index in [1.807, 2.05) is 0 Å². The second-order valence-electron chi connectivity index (χ2n) is 2.73. The van der Waals surface area contributed by atoms with Gasteiger partial charge in [-0.05, 0) is 14.0 Å². The molecule has 0 heterocycles. The molecule has 0 aromatic rings. The zero-order valence-corrected chi connectivity index (χ0v) is 15.7. The van der Waals surface area contributed by atoms with Gasteiger partial charge in [-0.1, -0.05) is 0 Å². The molecule has 4 nitrogen and oxygen atoms in total. The molecule has 0 saturated heterocycles. The first-order valence-corrected chi connectivity index (χ1v) is 14.2. The molecule has 0 aliphatic carbocycles. The van der Waals surface area contributed by atoms with E-state index in [9.17, 15) is 9.59 Å². The number of nitrogens with one attached hydrogen (secondary N) is 1. The third kappa shape index (κ3) is 13.6. The molecule has 1 N–H and O–H groups in total. The molecule has 0 rings (SSSR count). The van der Waals surface area contributed by atoms with Crippen molar-refractivity contribution in [1.82, 2.24) is 10.2 Å². The Morgan fingerprint density at radius 1 is 1.31 bits per heavy atom. The van der Waals surface area contributed by atoms with Crippen molar-refractivity contribution in [3.8, 4) is 0 Å². The molecule has 0 aromatic heterocycles. The fourth-order valence-electron chi connectivity index (χ4n) is 0.329. The van der Waals surface area contributed by atoms with Crippen LogP contribution in [0.1, 0.15) is 6.92 Å². The first kappa shape index (κ1) is 19.9. The summed E-state index contributed by atoms with van der Waals surface area (Å²) in [7, 11) is 17.5. The van der Waals surface area contributed by atoms with Crippen molar-refractivity contribution in [3.63, 3.8) is 0 Å². The van der Waals surface area contributed by atoms with Crippen molar-refractivity contribution >= 4 is 68.4 Å². The topological polar surface area (TPSA) is 49.4 Å². The minimum Gasteiger partial charge on any atom is -0.331 e. The highest BCUT2D eigenvalue weighted by Gasteiger charge is 2.02. The van der Waals surface area contributed by atoms with E-state index in [1.54, 1.807) is 14.1 Å². The van der Waals surface area contributed by atoms with Gasteiger partial charge in [0.05, 0.1) is 0 Å². The molecule has 11 heteroatoms. The summed E-state index contributed by atoms with van der Waals surface area (Å²) in [5.74, 6) is -0.339. The number of carbonyl (C=O) groups is 2. The fourth-order valence-corrected chi connectivity index (χ4v) is 5.66. The van der Waals surface area contributed by atoms with Gasteiger partial charge in [-0.2, -0.15) is 0 Å². The third-order valence-electron chi connectivity index (χ3n) is 1.07. The molecular weight excluding hydrogens is 317 g/mol. The van der Waals surface area contributed by atoms with Crippen LogP contribution >= 0.6 is 48.9 Å². The second-order valence-corrected chi connectivity index (χ2v) is 22.6. The summed E-state index contributed by atoms with van der Waals surface area (Å²) in [5, 5.41) is 2.09. The molecule has 92 valence electrons. The summed E-state index contributed by atoms with van der Waals surface area (Å²) in [6.07, 6.45) is 0. The molecule has 0 aliphatic heterocycles. The van der Waals surface area contributed by atoms with Crippen LogP contribution in [-0.2, 0) is 4.79 Å². The summed E-state index contributed by atoms with van der Waals surface area (Å²) in [6.45, 7) is 1.46. The Kier molecular flexibility index (Phi) is 14.5. The number of hydrogen-bond acceptors (Lipinski definition) is 2. The van der Waals surface area contributed by atoms with Gasteiger partial charge in [0.1, 0.15) is 7.57 Å². The van der Waals surface area contributed by atoms with E-state index in [0.717, 1.165) is 0 Å². The molecule has 3 amide bonds. The number of nitrogens with zero attached hydrogens (tertiary/aromatic N) is 1. The Labute approximate surface area is 109 Å². The van der Waals surface area contributed by atoms with E-state index in [1.165, 1.54) is 11.8 Å². The first-order chi connectivity index (χ1) is 7.22. The van der Waals surface area contributed by atoms with Crippen LogP contribution in [0.3, 0.4) is 0 Å². The average Bonchev–Trinajstić information content (AvgIpc) is 2.16. The standard InChI is InChI=1S/C5H10N2O2.BH7P6/c1-4(8)6-5(9)7(2)3;1-5-7(4)6(2)3/h1-3H3,(H,6,8,9);5H,2-4H2. The molecule has 5 unspecified atom stereocenters. The maximum atomic E-state index is 10.5. The lowest BCUT2D eigenvalue weighted by Gasteiger charge is -2.11. The van der Waals surface area contributed by atoms with Crippen LogP contribution in [0.25, 0.3) is 0 Å². The van der Waals surface area contributed by atoms with Crippen molar-refractivity contribution in [3.05, 3.63) is 0 Å². The minimum absolute atomic E-state index is 0.0756. The third-order valence-corrected chi connectivity index (χ3v) is 24.4. The average molecular weight is 334 g/mol. The van der Waals surface area contributed by atoms with Gasteiger partial charge in [0.2, 0.25) is 5.91 Å². The number of carbonyl (C=O) groups excluding carboxylic acids is 2. The van der Waals surface area contributed by atoms with E-state index < -0.39 is 0 Å². The molecule has 0 aromatic carbocycles. The van der Waals surface area contributed by atoms with Crippen LogP contribution in [-0.4, -0.2) is 38.5 Å². The summed E-state index contributed by atoms with van der Waals surface area (Å²) in [6, 6.07) is -0.387. The maximum Gasteiger partial charge on any atom is 0.323 e. The molecule has 0 spiro atoms. The molecule has 5 atom stereocenters. The highest BCUT2D eigenvalue weighted by Crippen LogP contribution is 2.89. The molecule has 16 heavy (non-hydrogen) atoms. The Balaban J connectivity index is 0. The monoisotopic (exact) mass is 334 g/mol. The van der Waals surface area contributed by atoms with E-state index in [0.29, 0.717) is 8.15 Å². The zero-order valence-electron chi connectivity index (χ0n) is 9.47. The van der Waals surface area contributed by atoms with E-state index in [4.69, 9.17) is 7.57 Å². The predicted molar refractivity (Wildman–Crippen MR) is 89.9 cm³/mol. The van der Waals surface area contributed by atoms with E-state index in [2.05, 4.69) is 32.1 Å². The zero-order chi connectivity index (χ0) is 13.3. The van der Waals surface area contributed by atoms with Gasteiger partial charge in [-0.15, -0.1) is 34.9 Å². The van der Waals surface area contributed by atoms with Crippen molar-refractivity contribution in [2.45, 2.75) is 6.92 Å². The summed E-state index contributed by atoms with van der Waals surface area (Å²) >= 11 is 0. The van der Waals surface area contributed by atoms with Gasteiger partial charge in [0.15, 0.2) is 0 Å². The van der Waals surface area contributed by atoms with Crippen LogP contribution in [0, 0.1) is 0 Å². The largest absolute Gasteiger partial charge is 0.331 e. The minimum atomic E-state index is -0.387. The molecule has 2 radical (unpaired) electrons. The highest BCUT2D eigenvalue weighted by molar-refractivity contribution is 8.95. The highest BCUT2D eigenvalue weighted by atomic mass is 33.0. The van der Waals surface area contributed by atoms with Gasteiger partial charge in [-0.25, -0.2) is 4.79 Å². The molecule has 0 saturated carbocycles. The number of amides is 3. The Morgan fingerprint density at radius 3 is 1.81 bits per heavy atom. The Bertz CT molecular complexity index is 229. The lowest BCUT2D eigenvalue weighted by molar-refractivity contribution is -0.118.